The number of H-pyrrole nitrogens is 1. The zero-order valence-corrected chi connectivity index (χ0v) is 10.4. The second kappa shape index (κ2) is 4.29. The molecular weight excluding hydrogens is 289 g/mol. The van der Waals surface area contributed by atoms with Gasteiger partial charge in [0.05, 0.1) is 17.7 Å². The highest BCUT2D eigenvalue weighted by Gasteiger charge is 2.60. The first-order valence-electron chi connectivity index (χ1n) is 5.91. The van der Waals surface area contributed by atoms with E-state index in [9.17, 15) is 23.1 Å². The van der Waals surface area contributed by atoms with E-state index < -0.39 is 29.7 Å². The van der Waals surface area contributed by atoms with Crippen LogP contribution in [0, 0.1) is 0 Å². The zero-order valence-electron chi connectivity index (χ0n) is 10.4. The predicted molar refractivity (Wildman–Crippen MR) is 65.0 cm³/mol. The topological polar surface area (TPSA) is 90.9 Å². The van der Waals surface area contributed by atoms with Crippen LogP contribution in [0.3, 0.4) is 0 Å². The van der Waals surface area contributed by atoms with Gasteiger partial charge in [0.1, 0.15) is 0 Å². The fourth-order valence-corrected chi connectivity index (χ4v) is 2.30. The number of halogens is 3. The van der Waals surface area contributed by atoms with Crippen LogP contribution in [0.1, 0.15) is 12.0 Å². The summed E-state index contributed by atoms with van der Waals surface area (Å²) >= 11 is 0. The monoisotopic (exact) mass is 298 g/mol. The van der Waals surface area contributed by atoms with Crippen molar-refractivity contribution in [2.45, 2.75) is 18.2 Å². The first kappa shape index (κ1) is 13.6. The van der Waals surface area contributed by atoms with Gasteiger partial charge in [0.25, 0.3) is 0 Å². The molecule has 2 aromatic heterocycles. The average molecular weight is 298 g/mol. The molecule has 2 aromatic rings. The van der Waals surface area contributed by atoms with Crippen LogP contribution in [0.15, 0.2) is 24.5 Å². The van der Waals surface area contributed by atoms with Crippen LogP contribution >= 0.6 is 0 Å². The lowest BCUT2D eigenvalue weighted by atomic mass is 9.85. The lowest BCUT2D eigenvalue weighted by molar-refractivity contribution is -0.267. The third-order valence-corrected chi connectivity index (χ3v) is 3.29. The van der Waals surface area contributed by atoms with Crippen LogP contribution in [0.5, 0.6) is 0 Å². The minimum atomic E-state index is -5.01. The summed E-state index contributed by atoms with van der Waals surface area (Å²) < 4.78 is 39.8. The largest absolute Gasteiger partial charge is 0.422 e. The molecule has 1 unspecified atom stereocenters. The number of alkyl halides is 3. The fraction of sp³-hybridized carbons (Fsp3) is 0.250. The van der Waals surface area contributed by atoms with E-state index in [0.717, 1.165) is 0 Å². The number of nitrogens with zero attached hydrogens (tertiary/aromatic N) is 2. The van der Waals surface area contributed by atoms with Crippen LogP contribution in [-0.2, 0) is 10.4 Å². The van der Waals surface area contributed by atoms with Crippen molar-refractivity contribution in [3.8, 4) is 11.3 Å². The van der Waals surface area contributed by atoms with Crippen molar-refractivity contribution in [1.29, 1.82) is 0 Å². The number of hydrogen-bond donors (Lipinski definition) is 3. The van der Waals surface area contributed by atoms with Crippen LogP contribution in [0.25, 0.3) is 11.3 Å². The summed E-state index contributed by atoms with van der Waals surface area (Å²) in [5, 5.41) is 18.4. The minimum Gasteiger partial charge on any atom is -0.376 e. The summed E-state index contributed by atoms with van der Waals surface area (Å²) in [5.41, 5.74) is -3.40. The lowest BCUT2D eigenvalue weighted by Gasteiger charge is -2.33. The van der Waals surface area contributed by atoms with Gasteiger partial charge < -0.3 is 10.4 Å². The number of fused-ring (bicyclic) bond motifs is 1. The van der Waals surface area contributed by atoms with E-state index in [4.69, 9.17) is 0 Å². The maximum Gasteiger partial charge on any atom is 0.422 e. The standard InChI is InChI=1S/C12H9F3N4O2/c13-12(14,15)11(21)5-7(20)17-10-8(11)9(18-19-10)6-1-3-16-4-2-6/h1-4,21H,5H2,(H2,17,18,19,20). The predicted octanol–water partition coefficient (Wildman–Crippen LogP) is 1.56. The van der Waals surface area contributed by atoms with Crippen molar-refractivity contribution < 1.29 is 23.1 Å². The Morgan fingerprint density at radius 1 is 1.29 bits per heavy atom. The summed E-state index contributed by atoms with van der Waals surface area (Å²) in [6, 6.07) is 2.95. The summed E-state index contributed by atoms with van der Waals surface area (Å²) in [6.07, 6.45) is -3.32. The second-order valence-corrected chi connectivity index (χ2v) is 4.64. The fourth-order valence-electron chi connectivity index (χ4n) is 2.30. The van der Waals surface area contributed by atoms with Gasteiger partial charge in [-0.3, -0.25) is 14.9 Å². The molecule has 9 heteroatoms. The van der Waals surface area contributed by atoms with Crippen LogP contribution in [0.2, 0.25) is 0 Å². The average Bonchev–Trinajstić information content (AvgIpc) is 2.82. The molecule has 6 nitrogen and oxygen atoms in total. The number of aromatic amines is 1. The number of anilines is 1. The van der Waals surface area contributed by atoms with Gasteiger partial charge in [-0.15, -0.1) is 0 Å². The van der Waals surface area contributed by atoms with Gasteiger partial charge in [0, 0.05) is 18.0 Å². The molecule has 1 aliphatic rings. The zero-order chi connectivity index (χ0) is 15.3. The number of aromatic nitrogens is 3. The van der Waals surface area contributed by atoms with Crippen LogP contribution in [0.4, 0.5) is 19.0 Å². The van der Waals surface area contributed by atoms with E-state index >= 15 is 0 Å². The van der Waals surface area contributed by atoms with Crippen LogP contribution < -0.4 is 5.32 Å². The Morgan fingerprint density at radius 3 is 2.57 bits per heavy atom. The number of carbonyl (C=O) groups excluding carboxylic acids is 1. The number of nitrogens with one attached hydrogen (secondary N) is 2. The normalized spacial score (nSPS) is 21.8. The van der Waals surface area contributed by atoms with Gasteiger partial charge in [-0.2, -0.15) is 18.3 Å². The smallest absolute Gasteiger partial charge is 0.376 e. The molecule has 0 saturated carbocycles. The summed E-state index contributed by atoms with van der Waals surface area (Å²) in [7, 11) is 0. The highest BCUT2D eigenvalue weighted by atomic mass is 19.4. The number of aliphatic hydroxyl groups is 1. The Hall–Kier alpha value is -2.42. The molecule has 0 saturated heterocycles. The number of hydrogen-bond acceptors (Lipinski definition) is 4. The molecule has 1 atom stereocenters. The molecule has 3 heterocycles. The molecule has 0 fully saturated rings. The molecule has 0 spiro atoms. The Kier molecular flexibility index (Phi) is 2.77. The summed E-state index contributed by atoms with van der Waals surface area (Å²) in [6.45, 7) is 0. The van der Waals surface area contributed by atoms with Crippen LogP contribution in [-0.4, -0.2) is 32.4 Å². The number of rotatable bonds is 1. The van der Waals surface area contributed by atoms with Crippen molar-refractivity contribution in [2.24, 2.45) is 0 Å². The first-order chi connectivity index (χ1) is 9.83. The number of carbonyl (C=O) groups is 1. The second-order valence-electron chi connectivity index (χ2n) is 4.64. The van der Waals surface area contributed by atoms with Crippen molar-refractivity contribution in [3.63, 3.8) is 0 Å². The molecule has 3 N–H and O–H groups in total. The molecule has 21 heavy (non-hydrogen) atoms. The summed E-state index contributed by atoms with van der Waals surface area (Å²) in [5.74, 6) is -1.27. The Labute approximate surface area is 116 Å². The number of amides is 1. The molecule has 0 aromatic carbocycles. The molecule has 3 rings (SSSR count). The van der Waals surface area contributed by atoms with Gasteiger partial charge in [0.15, 0.2) is 11.4 Å². The van der Waals surface area contributed by atoms with Gasteiger partial charge >= 0.3 is 6.18 Å². The maximum atomic E-state index is 13.3. The minimum absolute atomic E-state index is 0.00720. The number of pyridine rings is 1. The van der Waals surface area contributed by atoms with E-state index in [0.29, 0.717) is 5.56 Å². The van der Waals surface area contributed by atoms with E-state index in [1.54, 1.807) is 0 Å². The van der Waals surface area contributed by atoms with Crippen molar-refractivity contribution in [1.82, 2.24) is 15.2 Å². The van der Waals surface area contributed by atoms with E-state index in [1.165, 1.54) is 24.5 Å². The summed E-state index contributed by atoms with van der Waals surface area (Å²) in [4.78, 5) is 15.2. The van der Waals surface area contributed by atoms with E-state index in [2.05, 4.69) is 20.5 Å². The molecule has 0 aliphatic carbocycles. The Bertz CT molecular complexity index is 698. The van der Waals surface area contributed by atoms with Crippen molar-refractivity contribution >= 4 is 11.7 Å². The molecular formula is C12H9F3N4O2. The third kappa shape index (κ3) is 1.97. The molecule has 0 radical (unpaired) electrons. The Balaban J connectivity index is 2.24. The van der Waals surface area contributed by atoms with Crippen molar-refractivity contribution in [3.05, 3.63) is 30.1 Å². The third-order valence-electron chi connectivity index (χ3n) is 3.29. The maximum absolute atomic E-state index is 13.3. The Morgan fingerprint density at radius 2 is 1.95 bits per heavy atom. The quantitative estimate of drug-likeness (QED) is 0.745. The van der Waals surface area contributed by atoms with Gasteiger partial charge in [-0.1, -0.05) is 0 Å². The van der Waals surface area contributed by atoms with Crippen molar-refractivity contribution in [2.75, 3.05) is 5.32 Å². The van der Waals surface area contributed by atoms with Gasteiger partial charge in [-0.25, -0.2) is 0 Å². The highest BCUT2D eigenvalue weighted by Crippen LogP contribution is 2.49. The highest BCUT2D eigenvalue weighted by molar-refractivity contribution is 5.96. The van der Waals surface area contributed by atoms with Gasteiger partial charge in [-0.05, 0) is 12.1 Å². The molecule has 1 amide bonds. The lowest BCUT2D eigenvalue weighted by Crippen LogP contribution is -2.48. The van der Waals surface area contributed by atoms with Gasteiger partial charge in [0.2, 0.25) is 5.91 Å². The molecule has 110 valence electrons. The SMILES string of the molecule is O=C1CC(O)(C(F)(F)F)c2c(n[nH]c2-c2ccncc2)N1. The first-order valence-corrected chi connectivity index (χ1v) is 5.91. The van der Waals surface area contributed by atoms with E-state index in [1.807, 2.05) is 0 Å². The van der Waals surface area contributed by atoms with E-state index in [-0.39, 0.29) is 11.5 Å². The molecule has 0 bridgehead atoms. The molecule has 1 aliphatic heterocycles.